The number of fused-ring (bicyclic) bond motifs is 1. The molecular formula is C28H38N2O2. The maximum absolute atomic E-state index is 12.7. The lowest BCUT2D eigenvalue weighted by Crippen LogP contribution is -2.55. The molecule has 1 saturated carbocycles. The molecule has 172 valence electrons. The quantitative estimate of drug-likeness (QED) is 0.572. The van der Waals surface area contributed by atoms with Gasteiger partial charge in [-0.1, -0.05) is 48.9 Å². The van der Waals surface area contributed by atoms with Crippen molar-refractivity contribution >= 4 is 5.91 Å². The van der Waals surface area contributed by atoms with E-state index in [0.29, 0.717) is 18.1 Å². The van der Waals surface area contributed by atoms with Crippen LogP contribution in [0.4, 0.5) is 0 Å². The SMILES string of the molecule is CN1CC[C@@]2(c3cccc(O)c3)C[C@@H](NC(=O)CCCCCc3ccccc3)CC[C@@H]2C1. The highest BCUT2D eigenvalue weighted by molar-refractivity contribution is 5.76. The first kappa shape index (κ1) is 22.8. The first-order valence-corrected chi connectivity index (χ1v) is 12.4. The Morgan fingerprint density at radius 3 is 2.75 bits per heavy atom. The fourth-order valence-corrected chi connectivity index (χ4v) is 5.99. The molecule has 0 bridgehead atoms. The number of carbonyl (C=O) groups excluding carboxylic acids is 1. The predicted octanol–water partition coefficient (Wildman–Crippen LogP) is 5.05. The van der Waals surface area contributed by atoms with Crippen LogP contribution in [0.3, 0.4) is 0 Å². The molecule has 4 heteroatoms. The van der Waals surface area contributed by atoms with Crippen LogP contribution in [0.15, 0.2) is 54.6 Å². The Labute approximate surface area is 193 Å². The lowest BCUT2D eigenvalue weighted by Gasteiger charge is -2.52. The van der Waals surface area contributed by atoms with Crippen LogP contribution in [0.25, 0.3) is 0 Å². The normalized spacial score (nSPS) is 25.8. The van der Waals surface area contributed by atoms with Crippen molar-refractivity contribution in [2.24, 2.45) is 5.92 Å². The summed E-state index contributed by atoms with van der Waals surface area (Å²) in [7, 11) is 2.21. The Bertz CT molecular complexity index is 884. The molecule has 3 atom stereocenters. The number of likely N-dealkylation sites (tertiary alicyclic amines) is 1. The molecule has 2 N–H and O–H groups in total. The second-order valence-electron chi connectivity index (χ2n) is 10.0. The number of nitrogens with one attached hydrogen (secondary N) is 1. The molecule has 4 nitrogen and oxygen atoms in total. The maximum atomic E-state index is 12.7. The summed E-state index contributed by atoms with van der Waals surface area (Å²) < 4.78 is 0. The molecule has 2 aromatic carbocycles. The van der Waals surface area contributed by atoms with E-state index in [1.165, 1.54) is 11.1 Å². The molecular weight excluding hydrogens is 396 g/mol. The molecule has 4 rings (SSSR count). The van der Waals surface area contributed by atoms with E-state index < -0.39 is 0 Å². The number of rotatable bonds is 8. The second kappa shape index (κ2) is 10.5. The van der Waals surface area contributed by atoms with Crippen molar-refractivity contribution < 1.29 is 9.90 Å². The van der Waals surface area contributed by atoms with Crippen molar-refractivity contribution in [3.63, 3.8) is 0 Å². The summed E-state index contributed by atoms with van der Waals surface area (Å²) in [6, 6.07) is 18.7. The van der Waals surface area contributed by atoms with Crippen LogP contribution in [0.5, 0.6) is 5.75 Å². The largest absolute Gasteiger partial charge is 0.508 e. The lowest BCUT2D eigenvalue weighted by atomic mass is 9.58. The molecule has 0 unspecified atom stereocenters. The number of amides is 1. The molecule has 2 fully saturated rings. The number of nitrogens with zero attached hydrogens (tertiary/aromatic N) is 1. The zero-order valence-corrected chi connectivity index (χ0v) is 19.4. The van der Waals surface area contributed by atoms with E-state index in [1.807, 2.05) is 12.1 Å². The van der Waals surface area contributed by atoms with Gasteiger partial charge in [0.05, 0.1) is 0 Å². The van der Waals surface area contributed by atoms with Crippen molar-refractivity contribution in [1.82, 2.24) is 10.2 Å². The number of piperidine rings is 1. The summed E-state index contributed by atoms with van der Waals surface area (Å²) in [5.74, 6) is 1.12. The molecule has 2 aromatic rings. The average molecular weight is 435 g/mol. The van der Waals surface area contributed by atoms with Gasteiger partial charge in [0.2, 0.25) is 5.91 Å². The number of hydrogen-bond acceptors (Lipinski definition) is 3. The van der Waals surface area contributed by atoms with Crippen LogP contribution in [0.2, 0.25) is 0 Å². The lowest BCUT2D eigenvalue weighted by molar-refractivity contribution is -0.122. The molecule has 1 heterocycles. The third-order valence-electron chi connectivity index (χ3n) is 7.73. The van der Waals surface area contributed by atoms with Gasteiger partial charge in [-0.15, -0.1) is 0 Å². The zero-order chi connectivity index (χ0) is 22.4. The highest BCUT2D eigenvalue weighted by Crippen LogP contribution is 2.49. The molecule has 1 amide bonds. The smallest absolute Gasteiger partial charge is 0.220 e. The number of hydrogen-bond donors (Lipinski definition) is 2. The third-order valence-corrected chi connectivity index (χ3v) is 7.73. The van der Waals surface area contributed by atoms with Gasteiger partial charge in [0.15, 0.2) is 0 Å². The van der Waals surface area contributed by atoms with Crippen LogP contribution in [0, 0.1) is 5.92 Å². The van der Waals surface area contributed by atoms with Gasteiger partial charge in [-0.3, -0.25) is 4.79 Å². The Balaban J connectivity index is 1.30. The van der Waals surface area contributed by atoms with Crippen molar-refractivity contribution in [3.05, 3.63) is 65.7 Å². The number of aryl methyl sites for hydroxylation is 1. The minimum atomic E-state index is 0.0527. The van der Waals surface area contributed by atoms with Crippen molar-refractivity contribution in [2.45, 2.75) is 69.2 Å². The standard InChI is InChI=1S/C28H38N2O2/c1-30-18-17-28(23-12-8-13-26(31)19-23)20-25(16-15-24(28)21-30)29-27(32)14-7-3-6-11-22-9-4-2-5-10-22/h2,4-5,8-10,12-13,19,24-25,31H,3,6-7,11,14-18,20-21H2,1H3,(H,29,32)/t24-,25+,28+/m1/s1. The molecule has 1 aliphatic heterocycles. The van der Waals surface area contributed by atoms with Gasteiger partial charge < -0.3 is 15.3 Å². The number of benzene rings is 2. The first-order valence-electron chi connectivity index (χ1n) is 12.4. The maximum Gasteiger partial charge on any atom is 0.220 e. The fourth-order valence-electron chi connectivity index (χ4n) is 5.99. The Hall–Kier alpha value is -2.33. The fraction of sp³-hybridized carbons (Fsp3) is 0.536. The Kier molecular flexibility index (Phi) is 7.51. The molecule has 0 spiro atoms. The van der Waals surface area contributed by atoms with Gasteiger partial charge in [0, 0.05) is 24.4 Å². The van der Waals surface area contributed by atoms with E-state index in [4.69, 9.17) is 0 Å². The van der Waals surface area contributed by atoms with E-state index in [1.54, 1.807) is 6.07 Å². The minimum Gasteiger partial charge on any atom is -0.508 e. The number of phenols is 1. The van der Waals surface area contributed by atoms with E-state index in [0.717, 1.165) is 64.5 Å². The zero-order valence-electron chi connectivity index (χ0n) is 19.4. The topological polar surface area (TPSA) is 52.6 Å². The number of phenolic OH excluding ortho intramolecular Hbond substituents is 1. The van der Waals surface area contributed by atoms with E-state index in [9.17, 15) is 9.90 Å². The summed E-state index contributed by atoms with van der Waals surface area (Å²) in [6.45, 7) is 2.16. The molecule has 1 aliphatic carbocycles. The number of unbranched alkanes of at least 4 members (excludes halogenated alkanes) is 2. The van der Waals surface area contributed by atoms with E-state index in [2.05, 4.69) is 53.7 Å². The second-order valence-corrected chi connectivity index (χ2v) is 10.0. The van der Waals surface area contributed by atoms with Crippen molar-refractivity contribution in [1.29, 1.82) is 0 Å². The van der Waals surface area contributed by atoms with Crippen LogP contribution >= 0.6 is 0 Å². The van der Waals surface area contributed by atoms with Gasteiger partial charge in [0.1, 0.15) is 5.75 Å². The van der Waals surface area contributed by atoms with Crippen molar-refractivity contribution in [2.75, 3.05) is 20.1 Å². The summed E-state index contributed by atoms with van der Waals surface area (Å²) in [4.78, 5) is 15.1. The van der Waals surface area contributed by atoms with Crippen LogP contribution in [-0.4, -0.2) is 42.1 Å². The summed E-state index contributed by atoms with van der Waals surface area (Å²) in [5.41, 5.74) is 2.68. The van der Waals surface area contributed by atoms with Gasteiger partial charge in [-0.05, 0) is 87.7 Å². The van der Waals surface area contributed by atoms with E-state index >= 15 is 0 Å². The van der Waals surface area contributed by atoms with Gasteiger partial charge in [-0.2, -0.15) is 0 Å². The molecule has 0 radical (unpaired) electrons. The van der Waals surface area contributed by atoms with Crippen LogP contribution in [-0.2, 0) is 16.6 Å². The molecule has 32 heavy (non-hydrogen) atoms. The third kappa shape index (κ3) is 5.53. The monoisotopic (exact) mass is 434 g/mol. The number of carbonyl (C=O) groups is 1. The summed E-state index contributed by atoms with van der Waals surface area (Å²) in [6.07, 6.45) is 9.14. The number of aromatic hydroxyl groups is 1. The highest BCUT2D eigenvalue weighted by Gasteiger charge is 2.47. The Morgan fingerprint density at radius 2 is 1.94 bits per heavy atom. The van der Waals surface area contributed by atoms with Gasteiger partial charge in [0.25, 0.3) is 0 Å². The highest BCUT2D eigenvalue weighted by atomic mass is 16.3. The average Bonchev–Trinajstić information content (AvgIpc) is 2.80. The van der Waals surface area contributed by atoms with Gasteiger partial charge >= 0.3 is 0 Å². The first-order chi connectivity index (χ1) is 15.5. The minimum absolute atomic E-state index is 0.0527. The summed E-state index contributed by atoms with van der Waals surface area (Å²) in [5, 5.41) is 13.5. The molecule has 0 aromatic heterocycles. The van der Waals surface area contributed by atoms with E-state index in [-0.39, 0.29) is 17.4 Å². The Morgan fingerprint density at radius 1 is 1.09 bits per heavy atom. The van der Waals surface area contributed by atoms with Gasteiger partial charge in [-0.25, -0.2) is 0 Å². The van der Waals surface area contributed by atoms with Crippen LogP contribution in [0.1, 0.15) is 62.5 Å². The molecule has 2 aliphatic rings. The molecule has 1 saturated heterocycles. The predicted molar refractivity (Wildman–Crippen MR) is 130 cm³/mol. The summed E-state index contributed by atoms with van der Waals surface area (Å²) >= 11 is 0. The van der Waals surface area contributed by atoms with Crippen molar-refractivity contribution in [3.8, 4) is 5.75 Å². The van der Waals surface area contributed by atoms with Crippen LogP contribution < -0.4 is 5.32 Å².